The number of fused-ring (bicyclic) bond motifs is 1. The molecule has 1 saturated heterocycles. The van der Waals surface area contributed by atoms with Gasteiger partial charge in [-0.15, -0.1) is 0 Å². The Morgan fingerprint density at radius 1 is 0.967 bits per heavy atom. The Bertz CT molecular complexity index is 950. The molecule has 2 aromatic rings. The summed E-state index contributed by atoms with van der Waals surface area (Å²) in [4.78, 5) is 33.2. The Morgan fingerprint density at radius 2 is 1.53 bits per heavy atom. The average molecular weight is 481 g/mol. The summed E-state index contributed by atoms with van der Waals surface area (Å²) in [6, 6.07) is 1.95. The number of ether oxygens (including phenoxy) is 2. The molecule has 8 nitrogen and oxygen atoms in total. The van der Waals surface area contributed by atoms with Gasteiger partial charge in [0.1, 0.15) is 17.0 Å². The van der Waals surface area contributed by atoms with Crippen LogP contribution in [0.25, 0.3) is 10.9 Å². The van der Waals surface area contributed by atoms with Crippen molar-refractivity contribution in [2.75, 3.05) is 31.1 Å². The molecule has 1 fully saturated rings. The first-order valence-electron chi connectivity index (χ1n) is 9.97. The first kappa shape index (κ1) is 22.4. The maximum atomic E-state index is 12.5. The van der Waals surface area contributed by atoms with E-state index in [0.29, 0.717) is 31.7 Å². The van der Waals surface area contributed by atoms with Crippen molar-refractivity contribution in [3.63, 3.8) is 0 Å². The van der Waals surface area contributed by atoms with Crippen molar-refractivity contribution in [1.82, 2.24) is 14.5 Å². The molecule has 2 aromatic heterocycles. The number of aromatic nitrogens is 2. The van der Waals surface area contributed by atoms with Crippen molar-refractivity contribution in [3.05, 3.63) is 22.9 Å². The van der Waals surface area contributed by atoms with E-state index in [4.69, 9.17) is 9.47 Å². The molecule has 0 aromatic carbocycles. The zero-order valence-corrected chi connectivity index (χ0v) is 19.9. The van der Waals surface area contributed by atoms with Crippen LogP contribution < -0.4 is 4.90 Å². The third-order valence-corrected chi connectivity index (χ3v) is 5.11. The molecule has 30 heavy (non-hydrogen) atoms. The van der Waals surface area contributed by atoms with E-state index in [1.54, 1.807) is 17.3 Å². The van der Waals surface area contributed by atoms with Crippen molar-refractivity contribution < 1.29 is 19.1 Å². The summed E-state index contributed by atoms with van der Waals surface area (Å²) in [6.45, 7) is 13.5. The lowest BCUT2D eigenvalue weighted by atomic mass is 10.2. The minimum atomic E-state index is -0.582. The highest BCUT2D eigenvalue weighted by Gasteiger charge is 2.27. The van der Waals surface area contributed by atoms with Crippen LogP contribution >= 0.6 is 15.9 Å². The molecule has 0 saturated carbocycles. The van der Waals surface area contributed by atoms with E-state index >= 15 is 0 Å². The summed E-state index contributed by atoms with van der Waals surface area (Å²) in [6.07, 6.45) is 2.64. The molecular weight excluding hydrogens is 452 g/mol. The van der Waals surface area contributed by atoms with E-state index in [1.807, 2.05) is 47.6 Å². The lowest BCUT2D eigenvalue weighted by molar-refractivity contribution is 0.0240. The number of nitrogens with zero attached hydrogens (tertiary/aromatic N) is 4. The van der Waals surface area contributed by atoms with E-state index in [1.165, 1.54) is 4.57 Å². The van der Waals surface area contributed by atoms with Crippen molar-refractivity contribution in [3.8, 4) is 0 Å². The number of anilines is 1. The number of rotatable bonds is 1. The number of piperazine rings is 1. The summed E-state index contributed by atoms with van der Waals surface area (Å²) in [5.41, 5.74) is -0.414. The molecule has 0 N–H and O–H groups in total. The van der Waals surface area contributed by atoms with Crippen LogP contribution in [-0.4, -0.2) is 64.0 Å². The van der Waals surface area contributed by atoms with Crippen molar-refractivity contribution in [2.24, 2.45) is 0 Å². The average Bonchev–Trinajstić information content (AvgIpc) is 2.95. The first-order chi connectivity index (χ1) is 13.8. The number of carbonyl (C=O) groups excluding carboxylic acids is 2. The van der Waals surface area contributed by atoms with Gasteiger partial charge >= 0.3 is 12.2 Å². The highest BCUT2D eigenvalue weighted by molar-refractivity contribution is 9.10. The fourth-order valence-electron chi connectivity index (χ4n) is 3.15. The Balaban J connectivity index is 1.74. The Hall–Kier alpha value is -2.29. The van der Waals surface area contributed by atoms with Crippen molar-refractivity contribution in [2.45, 2.75) is 52.7 Å². The zero-order valence-electron chi connectivity index (χ0n) is 18.4. The molecule has 3 rings (SSSR count). The number of carbonyl (C=O) groups is 2. The van der Waals surface area contributed by atoms with Gasteiger partial charge in [-0.25, -0.2) is 19.1 Å². The zero-order chi connectivity index (χ0) is 22.3. The van der Waals surface area contributed by atoms with E-state index in [2.05, 4.69) is 25.8 Å². The SMILES string of the molecule is CC(C)(C)OC(=O)N1CCN(c2cc3c(Br)cn(C(=O)OC(C)(C)C)c3cn2)CC1. The maximum Gasteiger partial charge on any atom is 0.419 e. The Labute approximate surface area is 185 Å². The molecule has 0 aliphatic carbocycles. The van der Waals surface area contributed by atoms with Gasteiger partial charge in [-0.05, 0) is 63.5 Å². The quantitative estimate of drug-likeness (QED) is 0.591. The van der Waals surface area contributed by atoms with Gasteiger partial charge in [-0.2, -0.15) is 0 Å². The standard InChI is InChI=1S/C21H29BrN4O4/c1-20(2,3)29-18(27)25-9-7-24(8-10-25)17-11-14-15(22)13-26(16(14)12-23-17)19(28)30-21(4,5)6/h11-13H,7-10H2,1-6H3. The number of hydrogen-bond acceptors (Lipinski definition) is 6. The second kappa shape index (κ2) is 8.09. The van der Waals surface area contributed by atoms with Crippen LogP contribution in [0.3, 0.4) is 0 Å². The second-order valence-corrected chi connectivity index (χ2v) is 10.2. The van der Waals surface area contributed by atoms with Crippen molar-refractivity contribution >= 4 is 44.8 Å². The van der Waals surface area contributed by atoms with Gasteiger partial charge in [0.25, 0.3) is 0 Å². The van der Waals surface area contributed by atoms with E-state index < -0.39 is 17.3 Å². The van der Waals surface area contributed by atoms with Gasteiger partial charge in [0.2, 0.25) is 0 Å². The van der Waals surface area contributed by atoms with Gasteiger partial charge in [0.15, 0.2) is 0 Å². The normalized spacial score (nSPS) is 15.4. The maximum absolute atomic E-state index is 12.5. The molecule has 1 aliphatic heterocycles. The fourth-order valence-corrected chi connectivity index (χ4v) is 3.67. The monoisotopic (exact) mass is 480 g/mol. The van der Waals surface area contributed by atoms with Gasteiger partial charge in [-0.3, -0.25) is 0 Å². The fraction of sp³-hybridized carbons (Fsp3) is 0.571. The highest BCUT2D eigenvalue weighted by Crippen LogP contribution is 2.30. The molecular formula is C21H29BrN4O4. The summed E-state index contributed by atoms with van der Waals surface area (Å²) < 4.78 is 13.2. The Kier molecular flexibility index (Phi) is 6.04. The van der Waals surface area contributed by atoms with Gasteiger partial charge < -0.3 is 19.3 Å². The molecule has 0 spiro atoms. The van der Waals surface area contributed by atoms with E-state index in [-0.39, 0.29) is 6.09 Å². The molecule has 1 amide bonds. The lowest BCUT2D eigenvalue weighted by Gasteiger charge is -2.36. The van der Waals surface area contributed by atoms with Crippen LogP contribution in [0, 0.1) is 0 Å². The smallest absolute Gasteiger partial charge is 0.419 e. The van der Waals surface area contributed by atoms with E-state index in [0.717, 1.165) is 15.7 Å². The number of hydrogen-bond donors (Lipinski definition) is 0. The minimum absolute atomic E-state index is 0.289. The summed E-state index contributed by atoms with van der Waals surface area (Å²) in [5.74, 6) is 0.800. The summed E-state index contributed by atoms with van der Waals surface area (Å²) in [5, 5.41) is 0.875. The molecule has 1 aliphatic rings. The molecule has 9 heteroatoms. The minimum Gasteiger partial charge on any atom is -0.444 e. The number of halogens is 1. The van der Waals surface area contributed by atoms with Crippen molar-refractivity contribution in [1.29, 1.82) is 0 Å². The predicted octanol–water partition coefficient (Wildman–Crippen LogP) is 4.64. The summed E-state index contributed by atoms with van der Waals surface area (Å²) >= 11 is 3.54. The van der Waals surface area contributed by atoms with Gasteiger partial charge in [0.05, 0.1) is 11.7 Å². The van der Waals surface area contributed by atoms with Crippen LogP contribution in [0.2, 0.25) is 0 Å². The van der Waals surface area contributed by atoms with Gasteiger partial charge in [0, 0.05) is 42.2 Å². The van der Waals surface area contributed by atoms with E-state index in [9.17, 15) is 9.59 Å². The summed E-state index contributed by atoms with van der Waals surface area (Å²) in [7, 11) is 0. The Morgan fingerprint density at radius 3 is 2.10 bits per heavy atom. The molecule has 0 radical (unpaired) electrons. The number of pyridine rings is 1. The van der Waals surface area contributed by atoms with Crippen LogP contribution in [0.1, 0.15) is 41.5 Å². The third kappa shape index (κ3) is 5.24. The van der Waals surface area contributed by atoms with Crippen LogP contribution in [0.5, 0.6) is 0 Å². The van der Waals surface area contributed by atoms with Crippen LogP contribution in [-0.2, 0) is 9.47 Å². The number of amides is 1. The molecule has 0 bridgehead atoms. The van der Waals surface area contributed by atoms with Crippen LogP contribution in [0.15, 0.2) is 22.9 Å². The molecule has 0 atom stereocenters. The topological polar surface area (TPSA) is 76.9 Å². The molecule has 164 valence electrons. The molecule has 3 heterocycles. The lowest BCUT2D eigenvalue weighted by Crippen LogP contribution is -2.50. The van der Waals surface area contributed by atoms with Crippen LogP contribution in [0.4, 0.5) is 15.4 Å². The third-order valence-electron chi connectivity index (χ3n) is 4.47. The second-order valence-electron chi connectivity index (χ2n) is 9.34. The predicted molar refractivity (Wildman–Crippen MR) is 119 cm³/mol. The highest BCUT2D eigenvalue weighted by atomic mass is 79.9. The molecule has 0 unspecified atom stereocenters. The van der Waals surface area contributed by atoms with Gasteiger partial charge in [-0.1, -0.05) is 0 Å². The first-order valence-corrected chi connectivity index (χ1v) is 10.8. The largest absolute Gasteiger partial charge is 0.444 e.